The first-order valence-electron chi connectivity index (χ1n) is 8.16. The maximum absolute atomic E-state index is 11.8. The molecule has 0 saturated heterocycles. The van der Waals surface area contributed by atoms with Gasteiger partial charge in [-0.3, -0.25) is 9.59 Å². The third-order valence-electron chi connectivity index (χ3n) is 3.54. The molecule has 0 aromatic heterocycles. The molecule has 0 aliphatic heterocycles. The Bertz CT molecular complexity index is 666. The molecule has 5 heteroatoms. The van der Waals surface area contributed by atoms with E-state index in [1.54, 1.807) is 12.1 Å². The Morgan fingerprint density at radius 2 is 1.16 bits per heavy atom. The van der Waals surface area contributed by atoms with Crippen molar-refractivity contribution in [3.05, 3.63) is 59.7 Å². The zero-order valence-corrected chi connectivity index (χ0v) is 15.3. The van der Waals surface area contributed by atoms with Crippen LogP contribution in [-0.4, -0.2) is 23.4 Å². The first-order chi connectivity index (χ1) is 12.1. The molecular formula is C20H22O4S. The molecule has 4 nitrogen and oxygen atoms in total. The van der Waals surface area contributed by atoms with Gasteiger partial charge in [-0.05, 0) is 37.1 Å². The number of carbonyl (C=O) groups excluding carboxylic acids is 2. The van der Waals surface area contributed by atoms with Crippen LogP contribution >= 0.6 is 11.8 Å². The normalized spacial score (nSPS) is 10.3. The lowest BCUT2D eigenvalue weighted by atomic mass is 10.2. The van der Waals surface area contributed by atoms with E-state index in [1.165, 1.54) is 11.8 Å². The van der Waals surface area contributed by atoms with Crippen LogP contribution in [0.3, 0.4) is 0 Å². The Balaban J connectivity index is 1.61. The van der Waals surface area contributed by atoms with E-state index in [2.05, 4.69) is 0 Å². The smallest absolute Gasteiger partial charge is 0.312 e. The lowest BCUT2D eigenvalue weighted by Crippen LogP contribution is -2.11. The number of rotatable bonds is 8. The summed E-state index contributed by atoms with van der Waals surface area (Å²) in [5.74, 6) is 1.90. The fraction of sp³-hybridized carbons (Fsp3) is 0.300. The van der Waals surface area contributed by atoms with Crippen LogP contribution in [-0.2, 0) is 9.59 Å². The van der Waals surface area contributed by atoms with Crippen LogP contribution in [0.1, 0.15) is 24.0 Å². The fourth-order valence-electron chi connectivity index (χ4n) is 2.10. The molecule has 2 aromatic carbocycles. The molecule has 0 unspecified atom stereocenters. The summed E-state index contributed by atoms with van der Waals surface area (Å²) in [6, 6.07) is 14.8. The van der Waals surface area contributed by atoms with E-state index < -0.39 is 0 Å². The molecule has 0 heterocycles. The number of hydrogen-bond acceptors (Lipinski definition) is 5. The van der Waals surface area contributed by atoms with Crippen LogP contribution in [0.4, 0.5) is 0 Å². The Kier molecular flexibility index (Phi) is 7.54. The van der Waals surface area contributed by atoms with E-state index in [4.69, 9.17) is 9.47 Å². The number of benzene rings is 2. The molecule has 0 aliphatic rings. The lowest BCUT2D eigenvalue weighted by molar-refractivity contribution is -0.134. The molecule has 0 atom stereocenters. The van der Waals surface area contributed by atoms with Crippen LogP contribution in [0.2, 0.25) is 0 Å². The number of carbonyl (C=O) groups is 2. The summed E-state index contributed by atoms with van der Waals surface area (Å²) >= 11 is 1.54. The Labute approximate surface area is 152 Å². The molecule has 0 saturated carbocycles. The second-order valence-electron chi connectivity index (χ2n) is 5.59. The van der Waals surface area contributed by atoms with Gasteiger partial charge in [-0.1, -0.05) is 36.4 Å². The van der Waals surface area contributed by atoms with Gasteiger partial charge in [0.25, 0.3) is 0 Å². The van der Waals surface area contributed by atoms with Gasteiger partial charge in [0.2, 0.25) is 0 Å². The molecule has 25 heavy (non-hydrogen) atoms. The summed E-state index contributed by atoms with van der Waals surface area (Å²) in [7, 11) is 0. The highest BCUT2D eigenvalue weighted by Crippen LogP contribution is 2.18. The largest absolute Gasteiger partial charge is 0.426 e. The average Bonchev–Trinajstić information content (AvgIpc) is 2.59. The molecule has 0 amide bonds. The highest BCUT2D eigenvalue weighted by molar-refractivity contribution is 7.99. The van der Waals surface area contributed by atoms with E-state index in [0.717, 1.165) is 11.1 Å². The van der Waals surface area contributed by atoms with Gasteiger partial charge in [0.15, 0.2) is 0 Å². The van der Waals surface area contributed by atoms with Crippen LogP contribution in [0.15, 0.2) is 48.5 Å². The summed E-state index contributed by atoms with van der Waals surface area (Å²) in [5, 5.41) is 0. The van der Waals surface area contributed by atoms with Gasteiger partial charge in [-0.25, -0.2) is 0 Å². The molecule has 2 rings (SSSR count). The Morgan fingerprint density at radius 1 is 0.760 bits per heavy atom. The van der Waals surface area contributed by atoms with E-state index in [0.29, 0.717) is 35.8 Å². The summed E-state index contributed by atoms with van der Waals surface area (Å²) in [4.78, 5) is 23.6. The number of hydrogen-bond donors (Lipinski definition) is 0. The Hall–Kier alpha value is -2.27. The van der Waals surface area contributed by atoms with Crippen molar-refractivity contribution in [2.45, 2.75) is 26.7 Å². The maximum atomic E-state index is 11.8. The minimum atomic E-state index is -0.260. The highest BCUT2D eigenvalue weighted by Gasteiger charge is 2.09. The highest BCUT2D eigenvalue weighted by atomic mass is 32.2. The van der Waals surface area contributed by atoms with Crippen molar-refractivity contribution in [2.24, 2.45) is 0 Å². The third-order valence-corrected chi connectivity index (χ3v) is 4.52. The zero-order chi connectivity index (χ0) is 18.1. The van der Waals surface area contributed by atoms with Crippen molar-refractivity contribution in [2.75, 3.05) is 11.5 Å². The van der Waals surface area contributed by atoms with Crippen LogP contribution < -0.4 is 9.47 Å². The summed E-state index contributed by atoms with van der Waals surface area (Å²) in [6.07, 6.45) is 0.623. The van der Waals surface area contributed by atoms with E-state index in [9.17, 15) is 9.59 Å². The molecule has 0 N–H and O–H groups in total. The monoisotopic (exact) mass is 358 g/mol. The summed E-state index contributed by atoms with van der Waals surface area (Å²) in [5.41, 5.74) is 1.87. The topological polar surface area (TPSA) is 52.6 Å². The van der Waals surface area contributed by atoms with Gasteiger partial charge in [0.1, 0.15) is 11.5 Å². The van der Waals surface area contributed by atoms with Gasteiger partial charge in [-0.2, -0.15) is 11.8 Å². The van der Waals surface area contributed by atoms with Gasteiger partial charge >= 0.3 is 11.9 Å². The molecule has 0 fully saturated rings. The average molecular weight is 358 g/mol. The maximum Gasteiger partial charge on any atom is 0.312 e. The minimum absolute atomic E-state index is 0.260. The van der Waals surface area contributed by atoms with Crippen LogP contribution in [0, 0.1) is 13.8 Å². The summed E-state index contributed by atoms with van der Waals surface area (Å²) in [6.45, 7) is 3.80. The summed E-state index contributed by atoms with van der Waals surface area (Å²) < 4.78 is 10.6. The quantitative estimate of drug-likeness (QED) is 0.399. The lowest BCUT2D eigenvalue weighted by Gasteiger charge is -2.07. The second kappa shape index (κ2) is 9.89. The first kappa shape index (κ1) is 19.1. The number of ether oxygens (including phenoxy) is 2. The van der Waals surface area contributed by atoms with Crippen molar-refractivity contribution < 1.29 is 19.1 Å². The standard InChI is InChI=1S/C20H22O4S/c1-15-7-3-5-9-17(15)23-19(21)11-13-25-14-12-20(22)24-18-10-6-4-8-16(18)2/h3-10H,11-14H2,1-2H3. The number of para-hydroxylation sites is 2. The van der Waals surface area contributed by atoms with Crippen molar-refractivity contribution in [1.82, 2.24) is 0 Å². The van der Waals surface area contributed by atoms with Crippen LogP contribution in [0.25, 0.3) is 0 Å². The molecule has 132 valence electrons. The number of esters is 2. The van der Waals surface area contributed by atoms with Gasteiger partial charge in [-0.15, -0.1) is 0 Å². The van der Waals surface area contributed by atoms with E-state index >= 15 is 0 Å². The predicted octanol–water partition coefficient (Wildman–Crippen LogP) is 4.33. The second-order valence-corrected chi connectivity index (χ2v) is 6.82. The fourth-order valence-corrected chi connectivity index (χ4v) is 2.93. The predicted molar refractivity (Wildman–Crippen MR) is 100 cm³/mol. The van der Waals surface area contributed by atoms with Gasteiger partial charge in [0, 0.05) is 11.5 Å². The van der Waals surface area contributed by atoms with E-state index in [-0.39, 0.29) is 11.9 Å². The zero-order valence-electron chi connectivity index (χ0n) is 14.5. The van der Waals surface area contributed by atoms with E-state index in [1.807, 2.05) is 50.2 Å². The van der Waals surface area contributed by atoms with Crippen molar-refractivity contribution in [1.29, 1.82) is 0 Å². The van der Waals surface area contributed by atoms with Gasteiger partial charge < -0.3 is 9.47 Å². The van der Waals surface area contributed by atoms with Crippen molar-refractivity contribution in [3.63, 3.8) is 0 Å². The van der Waals surface area contributed by atoms with Crippen LogP contribution in [0.5, 0.6) is 11.5 Å². The number of aryl methyl sites for hydroxylation is 2. The molecule has 0 radical (unpaired) electrons. The first-order valence-corrected chi connectivity index (χ1v) is 9.32. The SMILES string of the molecule is Cc1ccccc1OC(=O)CCSCCC(=O)Oc1ccccc1C. The third kappa shape index (κ3) is 6.63. The Morgan fingerprint density at radius 3 is 1.56 bits per heavy atom. The molecule has 0 aliphatic carbocycles. The molecular weight excluding hydrogens is 336 g/mol. The molecule has 0 spiro atoms. The van der Waals surface area contributed by atoms with Crippen molar-refractivity contribution in [3.8, 4) is 11.5 Å². The number of thioether (sulfide) groups is 1. The molecule has 0 bridgehead atoms. The van der Waals surface area contributed by atoms with Crippen molar-refractivity contribution >= 4 is 23.7 Å². The minimum Gasteiger partial charge on any atom is -0.426 e. The molecule has 2 aromatic rings. The van der Waals surface area contributed by atoms with Gasteiger partial charge in [0.05, 0.1) is 12.8 Å².